The molecule has 0 N–H and O–H groups in total. The van der Waals surface area contributed by atoms with Crippen LogP contribution in [-0.4, -0.2) is 18.5 Å². The summed E-state index contributed by atoms with van der Waals surface area (Å²) < 4.78 is 10.3. The van der Waals surface area contributed by atoms with E-state index in [4.69, 9.17) is 9.47 Å². The minimum atomic E-state index is -0.446. The molecule has 0 aromatic heterocycles. The van der Waals surface area contributed by atoms with Crippen LogP contribution in [-0.2, 0) is 11.2 Å². The number of carbonyl (C=O) groups is 2. The fourth-order valence-electron chi connectivity index (χ4n) is 2.99. The molecule has 4 heteroatoms. The number of rotatable bonds is 7. The number of hydrogen-bond donors (Lipinski definition) is 0. The number of benzene rings is 3. The second-order valence-corrected chi connectivity index (χ2v) is 6.66. The number of aryl methyl sites for hydroxylation is 1. The van der Waals surface area contributed by atoms with E-state index >= 15 is 0 Å². The molecule has 0 heterocycles. The quantitative estimate of drug-likeness (QED) is 0.385. The van der Waals surface area contributed by atoms with Crippen LogP contribution in [0.5, 0.6) is 5.75 Å². The Bertz CT molecular complexity index is 955. The van der Waals surface area contributed by atoms with E-state index < -0.39 is 11.9 Å². The zero-order valence-electron chi connectivity index (χ0n) is 16.7. The van der Waals surface area contributed by atoms with Crippen LogP contribution in [0.25, 0.3) is 11.1 Å². The van der Waals surface area contributed by atoms with Gasteiger partial charge < -0.3 is 9.47 Å². The average Bonchev–Trinajstić information content (AvgIpc) is 2.75. The van der Waals surface area contributed by atoms with Gasteiger partial charge in [0.25, 0.3) is 0 Å². The van der Waals surface area contributed by atoms with Crippen molar-refractivity contribution in [1.82, 2.24) is 0 Å². The third-order valence-electron chi connectivity index (χ3n) is 4.52. The van der Waals surface area contributed by atoms with Crippen molar-refractivity contribution in [1.29, 1.82) is 0 Å². The topological polar surface area (TPSA) is 52.6 Å². The van der Waals surface area contributed by atoms with Crippen molar-refractivity contribution in [3.8, 4) is 16.9 Å². The molecule has 3 aromatic carbocycles. The van der Waals surface area contributed by atoms with E-state index in [1.807, 2.05) is 12.1 Å². The monoisotopic (exact) mass is 388 g/mol. The maximum Gasteiger partial charge on any atom is 0.343 e. The van der Waals surface area contributed by atoms with Crippen LogP contribution in [0.3, 0.4) is 0 Å². The lowest BCUT2D eigenvalue weighted by molar-refractivity contribution is 0.0526. The van der Waals surface area contributed by atoms with Gasteiger partial charge in [-0.2, -0.15) is 0 Å². The minimum absolute atomic E-state index is 0.314. The normalized spacial score (nSPS) is 10.4. The van der Waals surface area contributed by atoms with Crippen LogP contribution in [0.1, 0.15) is 46.5 Å². The Hall–Kier alpha value is -3.40. The molecule has 0 atom stereocenters. The highest BCUT2D eigenvalue weighted by Gasteiger charge is 2.11. The number of ether oxygens (including phenoxy) is 2. The molecule has 3 aromatic rings. The smallest absolute Gasteiger partial charge is 0.343 e. The van der Waals surface area contributed by atoms with E-state index in [-0.39, 0.29) is 0 Å². The summed E-state index contributed by atoms with van der Waals surface area (Å²) >= 11 is 0. The second kappa shape index (κ2) is 9.69. The first-order valence-corrected chi connectivity index (χ1v) is 9.79. The second-order valence-electron chi connectivity index (χ2n) is 6.66. The highest BCUT2D eigenvalue weighted by molar-refractivity contribution is 5.92. The van der Waals surface area contributed by atoms with Crippen molar-refractivity contribution < 1.29 is 19.1 Å². The SMILES string of the molecule is CCCc1ccc(-c2ccc(C(=O)Oc3ccc(C(=O)OCC)cc3)cc2)cc1. The summed E-state index contributed by atoms with van der Waals surface area (Å²) in [6.45, 7) is 4.23. The highest BCUT2D eigenvalue weighted by Crippen LogP contribution is 2.22. The zero-order chi connectivity index (χ0) is 20.6. The Morgan fingerprint density at radius 3 is 1.76 bits per heavy atom. The summed E-state index contributed by atoms with van der Waals surface area (Å²) in [5.74, 6) is -0.471. The lowest BCUT2D eigenvalue weighted by Gasteiger charge is -2.07. The van der Waals surface area contributed by atoms with Gasteiger partial charge in [0.15, 0.2) is 0 Å². The maximum absolute atomic E-state index is 12.4. The van der Waals surface area contributed by atoms with E-state index in [9.17, 15) is 9.59 Å². The molecule has 3 rings (SSSR count). The zero-order valence-corrected chi connectivity index (χ0v) is 16.7. The molecule has 0 saturated carbocycles. The summed E-state index contributed by atoms with van der Waals surface area (Å²) in [7, 11) is 0. The average molecular weight is 388 g/mol. The molecule has 0 saturated heterocycles. The van der Waals surface area contributed by atoms with Crippen molar-refractivity contribution in [2.45, 2.75) is 26.7 Å². The molecule has 148 valence electrons. The first-order valence-electron chi connectivity index (χ1n) is 9.79. The summed E-state index contributed by atoms with van der Waals surface area (Å²) in [5, 5.41) is 0. The van der Waals surface area contributed by atoms with Gasteiger partial charge in [-0.3, -0.25) is 0 Å². The van der Waals surface area contributed by atoms with E-state index in [1.165, 1.54) is 5.56 Å². The third-order valence-corrected chi connectivity index (χ3v) is 4.52. The fraction of sp³-hybridized carbons (Fsp3) is 0.200. The summed E-state index contributed by atoms with van der Waals surface area (Å²) in [6.07, 6.45) is 2.20. The number of hydrogen-bond acceptors (Lipinski definition) is 4. The first kappa shape index (κ1) is 20.3. The summed E-state index contributed by atoms with van der Waals surface area (Å²) in [5.41, 5.74) is 4.36. The van der Waals surface area contributed by atoms with Gasteiger partial charge in [-0.05, 0) is 66.4 Å². The third kappa shape index (κ3) is 5.32. The predicted molar refractivity (Wildman–Crippen MR) is 113 cm³/mol. The molecule has 0 radical (unpaired) electrons. The van der Waals surface area contributed by atoms with Crippen LogP contribution in [0.15, 0.2) is 72.8 Å². The van der Waals surface area contributed by atoms with Crippen molar-refractivity contribution in [2.24, 2.45) is 0 Å². The minimum Gasteiger partial charge on any atom is -0.462 e. The van der Waals surface area contributed by atoms with E-state index in [2.05, 4.69) is 31.2 Å². The Morgan fingerprint density at radius 2 is 1.21 bits per heavy atom. The lowest BCUT2D eigenvalue weighted by Crippen LogP contribution is -2.09. The van der Waals surface area contributed by atoms with Gasteiger partial charge in [-0.15, -0.1) is 0 Å². The van der Waals surface area contributed by atoms with E-state index in [1.54, 1.807) is 43.3 Å². The first-order chi connectivity index (χ1) is 14.1. The van der Waals surface area contributed by atoms with Gasteiger partial charge in [-0.1, -0.05) is 49.7 Å². The molecule has 0 fully saturated rings. The lowest BCUT2D eigenvalue weighted by atomic mass is 10.0. The van der Waals surface area contributed by atoms with Crippen molar-refractivity contribution in [3.05, 3.63) is 89.5 Å². The van der Waals surface area contributed by atoms with Gasteiger partial charge in [0.2, 0.25) is 0 Å². The molecule has 29 heavy (non-hydrogen) atoms. The van der Waals surface area contributed by atoms with Crippen molar-refractivity contribution in [2.75, 3.05) is 6.61 Å². The van der Waals surface area contributed by atoms with Gasteiger partial charge in [0.1, 0.15) is 5.75 Å². The van der Waals surface area contributed by atoms with Crippen LogP contribution < -0.4 is 4.74 Å². The Kier molecular flexibility index (Phi) is 6.80. The van der Waals surface area contributed by atoms with Crippen LogP contribution >= 0.6 is 0 Å². The van der Waals surface area contributed by atoms with Crippen molar-refractivity contribution in [3.63, 3.8) is 0 Å². The molecule has 0 aliphatic carbocycles. The predicted octanol–water partition coefficient (Wildman–Crippen LogP) is 5.70. The van der Waals surface area contributed by atoms with Crippen molar-refractivity contribution >= 4 is 11.9 Å². The Balaban J connectivity index is 1.65. The molecule has 0 unspecified atom stereocenters. The van der Waals surface area contributed by atoms with E-state index in [0.717, 1.165) is 24.0 Å². The molecule has 0 amide bonds. The molecule has 0 aliphatic rings. The molecular formula is C25H24O4. The van der Waals surface area contributed by atoms with Crippen LogP contribution in [0.2, 0.25) is 0 Å². The van der Waals surface area contributed by atoms with Crippen LogP contribution in [0.4, 0.5) is 0 Å². The summed E-state index contributed by atoms with van der Waals surface area (Å²) in [4.78, 5) is 24.1. The maximum atomic E-state index is 12.4. The largest absolute Gasteiger partial charge is 0.462 e. The molecule has 0 aliphatic heterocycles. The Labute approximate surface area is 171 Å². The highest BCUT2D eigenvalue weighted by atomic mass is 16.5. The van der Waals surface area contributed by atoms with Crippen LogP contribution in [0, 0.1) is 0 Å². The Morgan fingerprint density at radius 1 is 0.690 bits per heavy atom. The molecule has 0 bridgehead atoms. The molecule has 4 nitrogen and oxygen atoms in total. The van der Waals surface area contributed by atoms with Gasteiger partial charge in [0.05, 0.1) is 17.7 Å². The molecular weight excluding hydrogens is 364 g/mol. The summed E-state index contributed by atoms with van der Waals surface area (Å²) in [6, 6.07) is 22.1. The van der Waals surface area contributed by atoms with E-state index in [0.29, 0.717) is 23.5 Å². The number of carbonyl (C=O) groups excluding carboxylic acids is 2. The number of esters is 2. The molecule has 0 spiro atoms. The van der Waals surface area contributed by atoms with Gasteiger partial charge >= 0.3 is 11.9 Å². The van der Waals surface area contributed by atoms with Gasteiger partial charge in [-0.25, -0.2) is 9.59 Å². The fourth-order valence-corrected chi connectivity index (χ4v) is 2.99. The van der Waals surface area contributed by atoms with Gasteiger partial charge in [0, 0.05) is 0 Å². The standard InChI is InChI=1S/C25H24O4/c1-3-5-18-6-8-19(9-7-18)20-10-12-22(13-11-20)25(27)29-23-16-14-21(15-17-23)24(26)28-4-2/h6-17H,3-5H2,1-2H3.